The minimum Gasteiger partial charge on any atom is -0.388 e. The molecule has 1 aliphatic heterocycles. The molecule has 18 heavy (non-hydrogen) atoms. The summed E-state index contributed by atoms with van der Waals surface area (Å²) in [6.45, 7) is 1.84. The third kappa shape index (κ3) is 4.13. The Bertz CT molecular complexity index is 237. The second-order valence-electron chi connectivity index (χ2n) is 4.38. The first kappa shape index (κ1) is 15.8. The summed E-state index contributed by atoms with van der Waals surface area (Å²) >= 11 is 0. The second-order valence-corrected chi connectivity index (χ2v) is 4.38. The van der Waals surface area contributed by atoms with Crippen LogP contribution in [-0.2, 0) is 14.2 Å². The Balaban J connectivity index is 2.29. The smallest absolute Gasteiger partial charge is 0.186 e. The monoisotopic (exact) mass is 266 g/mol. The lowest BCUT2D eigenvalue weighted by molar-refractivity contribution is -0.293. The number of aliphatic hydroxyl groups excluding tert-OH is 4. The van der Waals surface area contributed by atoms with Crippen molar-refractivity contribution < 1.29 is 34.6 Å². The van der Waals surface area contributed by atoms with Gasteiger partial charge in [0.05, 0.1) is 12.7 Å². The van der Waals surface area contributed by atoms with E-state index in [0.29, 0.717) is 12.8 Å². The van der Waals surface area contributed by atoms with Gasteiger partial charge in [-0.25, -0.2) is 0 Å². The average molecular weight is 266 g/mol. The lowest BCUT2D eigenvalue weighted by Crippen LogP contribution is -2.57. The van der Waals surface area contributed by atoms with E-state index in [1.54, 1.807) is 6.92 Å². The van der Waals surface area contributed by atoms with Gasteiger partial charge in [0.25, 0.3) is 0 Å². The molecule has 0 aromatic carbocycles. The van der Waals surface area contributed by atoms with Crippen LogP contribution in [0.25, 0.3) is 0 Å². The summed E-state index contributed by atoms with van der Waals surface area (Å²) in [5.74, 6) is 0. The third-order valence-corrected chi connectivity index (χ3v) is 2.96. The van der Waals surface area contributed by atoms with Gasteiger partial charge in [-0.15, -0.1) is 0 Å². The minimum atomic E-state index is -1.29. The molecule has 0 saturated carbocycles. The quantitative estimate of drug-likeness (QED) is 0.345. The molecule has 1 aliphatic rings. The standard InChI is InChI=1S/C11H22O7/c1-6-8(13)9(14)10(15)11(18-6)17-5-3-4-7(12)16-2/h6-15H,3-5H2,1-2H3/t6?,7?,8-,9-,10?,11+/m0/s1. The molecule has 0 radical (unpaired) electrons. The van der Waals surface area contributed by atoms with Crippen LogP contribution in [0.15, 0.2) is 0 Å². The van der Waals surface area contributed by atoms with Crippen molar-refractivity contribution in [2.24, 2.45) is 0 Å². The molecular weight excluding hydrogens is 244 g/mol. The molecule has 0 aromatic rings. The lowest BCUT2D eigenvalue weighted by atomic mass is 10.0. The van der Waals surface area contributed by atoms with Crippen LogP contribution < -0.4 is 0 Å². The summed E-state index contributed by atoms with van der Waals surface area (Å²) in [5, 5.41) is 37.8. The van der Waals surface area contributed by atoms with Crippen LogP contribution in [0.3, 0.4) is 0 Å². The van der Waals surface area contributed by atoms with Gasteiger partial charge in [-0.2, -0.15) is 0 Å². The molecule has 7 nitrogen and oxygen atoms in total. The van der Waals surface area contributed by atoms with Crippen LogP contribution >= 0.6 is 0 Å². The predicted molar refractivity (Wildman–Crippen MR) is 60.6 cm³/mol. The van der Waals surface area contributed by atoms with Crippen LogP contribution in [-0.4, -0.2) is 71.1 Å². The maximum absolute atomic E-state index is 9.65. The van der Waals surface area contributed by atoms with Crippen molar-refractivity contribution in [3.8, 4) is 0 Å². The number of rotatable bonds is 6. The van der Waals surface area contributed by atoms with Crippen LogP contribution in [0.2, 0.25) is 0 Å². The number of ether oxygens (including phenoxy) is 3. The number of methoxy groups -OCH3 is 1. The summed E-state index contributed by atoms with van der Waals surface area (Å²) in [6.07, 6.45) is -5.20. The van der Waals surface area contributed by atoms with Gasteiger partial charge in [0.1, 0.15) is 18.3 Å². The molecule has 3 unspecified atom stereocenters. The maximum Gasteiger partial charge on any atom is 0.186 e. The van der Waals surface area contributed by atoms with E-state index >= 15 is 0 Å². The van der Waals surface area contributed by atoms with E-state index in [1.165, 1.54) is 7.11 Å². The SMILES string of the molecule is COC(O)CCCO[C@@H]1OC(C)[C@H](O)[C@H](O)C1O. The van der Waals surface area contributed by atoms with E-state index in [-0.39, 0.29) is 6.61 Å². The first-order valence-corrected chi connectivity index (χ1v) is 5.99. The Morgan fingerprint density at radius 2 is 1.83 bits per heavy atom. The van der Waals surface area contributed by atoms with Gasteiger partial charge in [-0.3, -0.25) is 0 Å². The first-order valence-electron chi connectivity index (χ1n) is 5.99. The summed E-state index contributed by atoms with van der Waals surface area (Å²) in [4.78, 5) is 0. The fraction of sp³-hybridized carbons (Fsp3) is 1.00. The Hall–Kier alpha value is -0.280. The van der Waals surface area contributed by atoms with Crippen molar-refractivity contribution >= 4 is 0 Å². The molecule has 0 aromatic heterocycles. The highest BCUT2D eigenvalue weighted by Gasteiger charge is 2.42. The van der Waals surface area contributed by atoms with Gasteiger partial charge >= 0.3 is 0 Å². The second kappa shape index (κ2) is 7.34. The van der Waals surface area contributed by atoms with Crippen molar-refractivity contribution in [3.05, 3.63) is 0 Å². The topological polar surface area (TPSA) is 109 Å². The number of aliphatic hydroxyl groups is 4. The number of hydrogen-bond donors (Lipinski definition) is 4. The average Bonchev–Trinajstić information content (AvgIpc) is 2.37. The van der Waals surface area contributed by atoms with Gasteiger partial charge in [0, 0.05) is 13.5 Å². The van der Waals surface area contributed by atoms with Gasteiger partial charge in [-0.05, 0) is 13.3 Å². The van der Waals surface area contributed by atoms with Gasteiger partial charge in [0.2, 0.25) is 0 Å². The molecule has 1 fully saturated rings. The van der Waals surface area contributed by atoms with E-state index in [1.807, 2.05) is 0 Å². The number of hydrogen-bond acceptors (Lipinski definition) is 7. The Morgan fingerprint density at radius 1 is 1.17 bits per heavy atom. The highest BCUT2D eigenvalue weighted by molar-refractivity contribution is 4.87. The summed E-state index contributed by atoms with van der Waals surface area (Å²) in [5.41, 5.74) is 0. The van der Waals surface area contributed by atoms with Crippen LogP contribution in [0.4, 0.5) is 0 Å². The largest absolute Gasteiger partial charge is 0.388 e. The van der Waals surface area contributed by atoms with Crippen LogP contribution in [0.5, 0.6) is 0 Å². The van der Waals surface area contributed by atoms with Crippen molar-refractivity contribution in [3.63, 3.8) is 0 Å². The lowest BCUT2D eigenvalue weighted by Gasteiger charge is -2.38. The van der Waals surface area contributed by atoms with Gasteiger partial charge in [-0.1, -0.05) is 0 Å². The zero-order valence-electron chi connectivity index (χ0n) is 10.6. The molecule has 7 heteroatoms. The third-order valence-electron chi connectivity index (χ3n) is 2.96. The van der Waals surface area contributed by atoms with Crippen molar-refractivity contribution in [2.75, 3.05) is 13.7 Å². The van der Waals surface area contributed by atoms with Crippen molar-refractivity contribution in [2.45, 2.75) is 56.8 Å². The van der Waals surface area contributed by atoms with E-state index in [0.717, 1.165) is 0 Å². The molecule has 0 aliphatic carbocycles. The summed E-state index contributed by atoms with van der Waals surface area (Å²) in [7, 11) is 1.40. The van der Waals surface area contributed by atoms with Gasteiger partial charge < -0.3 is 34.6 Å². The Morgan fingerprint density at radius 3 is 2.44 bits per heavy atom. The first-order chi connectivity index (χ1) is 8.47. The molecular formula is C11H22O7. The fourth-order valence-corrected chi connectivity index (χ4v) is 1.73. The molecule has 0 spiro atoms. The van der Waals surface area contributed by atoms with Crippen LogP contribution in [0, 0.1) is 0 Å². The molecule has 6 atom stereocenters. The normalized spacial score (nSPS) is 38.7. The van der Waals surface area contributed by atoms with E-state index in [2.05, 4.69) is 4.74 Å². The van der Waals surface area contributed by atoms with E-state index in [9.17, 15) is 15.3 Å². The van der Waals surface area contributed by atoms with Crippen molar-refractivity contribution in [1.82, 2.24) is 0 Å². The highest BCUT2D eigenvalue weighted by Crippen LogP contribution is 2.21. The summed E-state index contributed by atoms with van der Waals surface area (Å²) < 4.78 is 15.2. The Labute approximate surface area is 106 Å². The molecule has 1 heterocycles. The zero-order valence-corrected chi connectivity index (χ0v) is 10.6. The molecule has 1 saturated heterocycles. The predicted octanol–water partition coefficient (Wildman–Crippen LogP) is -1.42. The van der Waals surface area contributed by atoms with Crippen LogP contribution in [0.1, 0.15) is 19.8 Å². The Kier molecular flexibility index (Phi) is 6.44. The molecule has 108 valence electrons. The highest BCUT2D eigenvalue weighted by atomic mass is 16.7. The molecule has 0 amide bonds. The fourth-order valence-electron chi connectivity index (χ4n) is 1.73. The zero-order chi connectivity index (χ0) is 13.7. The van der Waals surface area contributed by atoms with E-state index in [4.69, 9.17) is 14.6 Å². The maximum atomic E-state index is 9.65. The molecule has 1 rings (SSSR count). The molecule has 0 bridgehead atoms. The van der Waals surface area contributed by atoms with E-state index < -0.39 is 37.0 Å². The van der Waals surface area contributed by atoms with Crippen molar-refractivity contribution in [1.29, 1.82) is 0 Å². The van der Waals surface area contributed by atoms with Gasteiger partial charge in [0.15, 0.2) is 12.6 Å². The summed E-state index contributed by atoms with van der Waals surface area (Å²) in [6, 6.07) is 0. The minimum absolute atomic E-state index is 0.248. The molecule has 4 N–H and O–H groups in total.